The van der Waals surface area contributed by atoms with Gasteiger partial charge in [-0.15, -0.1) is 0 Å². The molecular formula is C16H21N3O3. The lowest BCUT2D eigenvalue weighted by Crippen LogP contribution is -2.32. The van der Waals surface area contributed by atoms with Crippen LogP contribution >= 0.6 is 0 Å². The molecule has 0 bridgehead atoms. The van der Waals surface area contributed by atoms with E-state index in [2.05, 4.69) is 10.4 Å². The van der Waals surface area contributed by atoms with Gasteiger partial charge >= 0.3 is 0 Å². The monoisotopic (exact) mass is 303 g/mol. The van der Waals surface area contributed by atoms with Gasteiger partial charge in [-0.05, 0) is 31.0 Å². The maximum absolute atomic E-state index is 12.1. The first-order chi connectivity index (χ1) is 10.7. The summed E-state index contributed by atoms with van der Waals surface area (Å²) in [5, 5.41) is 6.98. The van der Waals surface area contributed by atoms with Crippen LogP contribution in [0.4, 0.5) is 0 Å². The minimum atomic E-state index is -0.331. The zero-order valence-electron chi connectivity index (χ0n) is 13.1. The first kappa shape index (κ1) is 15.9. The van der Waals surface area contributed by atoms with Crippen LogP contribution in [0.15, 0.2) is 36.7 Å². The van der Waals surface area contributed by atoms with Crippen LogP contribution in [0.3, 0.4) is 0 Å². The Kier molecular flexibility index (Phi) is 5.41. The molecule has 0 radical (unpaired) electrons. The van der Waals surface area contributed by atoms with E-state index in [1.165, 1.54) is 0 Å². The Balaban J connectivity index is 1.92. The molecule has 1 aromatic heterocycles. The summed E-state index contributed by atoms with van der Waals surface area (Å²) in [7, 11) is 3.22. The maximum atomic E-state index is 12.1. The molecule has 0 aliphatic rings. The number of methoxy groups -OCH3 is 2. The lowest BCUT2D eigenvalue weighted by atomic mass is 10.1. The Labute approximate surface area is 130 Å². The number of amides is 1. The normalized spacial score (nSPS) is 11.8. The van der Waals surface area contributed by atoms with Gasteiger partial charge in [0, 0.05) is 18.9 Å². The van der Waals surface area contributed by atoms with Gasteiger partial charge in [0.15, 0.2) is 11.5 Å². The molecule has 22 heavy (non-hydrogen) atoms. The first-order valence-electron chi connectivity index (χ1n) is 7.14. The zero-order valence-corrected chi connectivity index (χ0v) is 13.1. The van der Waals surface area contributed by atoms with Gasteiger partial charge in [-0.1, -0.05) is 12.1 Å². The van der Waals surface area contributed by atoms with Crippen molar-refractivity contribution in [2.45, 2.75) is 19.4 Å². The highest BCUT2D eigenvalue weighted by Crippen LogP contribution is 2.30. The number of rotatable bonds is 7. The summed E-state index contributed by atoms with van der Waals surface area (Å²) >= 11 is 0. The van der Waals surface area contributed by atoms with Gasteiger partial charge in [-0.2, -0.15) is 5.10 Å². The second-order valence-corrected chi connectivity index (χ2v) is 4.86. The molecular weight excluding hydrogens is 282 g/mol. The van der Waals surface area contributed by atoms with E-state index in [0.29, 0.717) is 24.5 Å². The molecule has 6 heteroatoms. The number of carbonyl (C=O) groups excluding carboxylic acids is 1. The number of aromatic nitrogens is 2. The van der Waals surface area contributed by atoms with Crippen molar-refractivity contribution in [3.63, 3.8) is 0 Å². The van der Waals surface area contributed by atoms with Crippen molar-refractivity contribution >= 4 is 5.91 Å². The lowest BCUT2D eigenvalue weighted by Gasteiger charge is -2.14. The van der Waals surface area contributed by atoms with Crippen LogP contribution in [-0.2, 0) is 11.2 Å². The van der Waals surface area contributed by atoms with Gasteiger partial charge in [0.1, 0.15) is 6.04 Å². The first-order valence-corrected chi connectivity index (χ1v) is 7.14. The molecule has 6 nitrogen and oxygen atoms in total. The molecule has 0 aliphatic heterocycles. The van der Waals surface area contributed by atoms with E-state index in [4.69, 9.17) is 9.47 Å². The van der Waals surface area contributed by atoms with Gasteiger partial charge in [0.25, 0.3) is 0 Å². The fourth-order valence-electron chi connectivity index (χ4n) is 2.25. The third-order valence-electron chi connectivity index (χ3n) is 3.48. The Morgan fingerprint density at radius 2 is 2.14 bits per heavy atom. The summed E-state index contributed by atoms with van der Waals surface area (Å²) in [6, 6.07) is 7.18. The second kappa shape index (κ2) is 7.49. The second-order valence-electron chi connectivity index (χ2n) is 4.86. The Morgan fingerprint density at radius 1 is 1.32 bits per heavy atom. The molecule has 1 N–H and O–H groups in total. The molecule has 2 aromatic rings. The van der Waals surface area contributed by atoms with Crippen molar-refractivity contribution in [2.75, 3.05) is 20.8 Å². The highest BCUT2D eigenvalue weighted by Gasteiger charge is 2.15. The van der Waals surface area contributed by atoms with E-state index in [1.54, 1.807) is 37.4 Å². The third-order valence-corrected chi connectivity index (χ3v) is 3.48. The molecule has 0 aliphatic carbocycles. The number of nitrogens with zero attached hydrogens (tertiary/aromatic N) is 2. The Bertz CT molecular complexity index is 611. The molecule has 1 amide bonds. The molecule has 1 unspecified atom stereocenters. The van der Waals surface area contributed by atoms with E-state index in [0.717, 1.165) is 5.56 Å². The van der Waals surface area contributed by atoms with Crippen LogP contribution in [0, 0.1) is 0 Å². The average Bonchev–Trinajstić information content (AvgIpc) is 3.08. The van der Waals surface area contributed by atoms with Crippen molar-refractivity contribution in [1.82, 2.24) is 15.1 Å². The number of nitrogens with one attached hydrogen (secondary N) is 1. The maximum Gasteiger partial charge on any atom is 0.244 e. The fraction of sp³-hybridized carbons (Fsp3) is 0.375. The summed E-state index contributed by atoms with van der Waals surface area (Å²) in [6.45, 7) is 2.34. The zero-order chi connectivity index (χ0) is 15.9. The van der Waals surface area contributed by atoms with Crippen LogP contribution in [0.1, 0.15) is 18.5 Å². The summed E-state index contributed by atoms with van der Waals surface area (Å²) in [4.78, 5) is 12.1. The van der Waals surface area contributed by atoms with E-state index in [1.807, 2.05) is 25.1 Å². The van der Waals surface area contributed by atoms with Crippen molar-refractivity contribution in [3.05, 3.63) is 42.2 Å². The highest BCUT2D eigenvalue weighted by atomic mass is 16.5. The van der Waals surface area contributed by atoms with Crippen molar-refractivity contribution < 1.29 is 14.3 Å². The van der Waals surface area contributed by atoms with Crippen molar-refractivity contribution in [1.29, 1.82) is 0 Å². The van der Waals surface area contributed by atoms with Gasteiger partial charge in [0.2, 0.25) is 5.91 Å². The quantitative estimate of drug-likeness (QED) is 0.847. The predicted molar refractivity (Wildman–Crippen MR) is 83.2 cm³/mol. The lowest BCUT2D eigenvalue weighted by molar-refractivity contribution is -0.124. The number of carbonyl (C=O) groups is 1. The summed E-state index contributed by atoms with van der Waals surface area (Å²) < 4.78 is 12.3. The number of hydrogen-bond donors (Lipinski definition) is 1. The van der Waals surface area contributed by atoms with E-state index >= 15 is 0 Å². The molecule has 1 heterocycles. The fourth-order valence-corrected chi connectivity index (χ4v) is 2.25. The largest absolute Gasteiger partial charge is 0.493 e. The molecule has 0 saturated heterocycles. The van der Waals surface area contributed by atoms with Gasteiger partial charge in [-0.25, -0.2) is 0 Å². The number of para-hydroxylation sites is 1. The molecule has 2 rings (SSSR count). The topological polar surface area (TPSA) is 65.4 Å². The molecule has 0 fully saturated rings. The minimum Gasteiger partial charge on any atom is -0.493 e. The van der Waals surface area contributed by atoms with Crippen LogP contribution in [-0.4, -0.2) is 36.5 Å². The van der Waals surface area contributed by atoms with Crippen LogP contribution in [0.2, 0.25) is 0 Å². The predicted octanol–water partition coefficient (Wildman–Crippen LogP) is 1.82. The molecule has 1 aromatic carbocycles. The standard InChI is InChI=1S/C16H21N3O3/c1-12(19-11-5-9-18-19)16(20)17-10-8-13-6-4-7-14(21-2)15(13)22-3/h4-7,9,11-12H,8,10H2,1-3H3,(H,17,20). The van der Waals surface area contributed by atoms with E-state index in [9.17, 15) is 4.79 Å². The van der Waals surface area contributed by atoms with Gasteiger partial charge < -0.3 is 14.8 Å². The smallest absolute Gasteiger partial charge is 0.244 e. The summed E-state index contributed by atoms with van der Waals surface area (Å²) in [5.41, 5.74) is 0.994. The Morgan fingerprint density at radius 3 is 2.77 bits per heavy atom. The van der Waals surface area contributed by atoms with E-state index in [-0.39, 0.29) is 11.9 Å². The van der Waals surface area contributed by atoms with E-state index < -0.39 is 0 Å². The number of ether oxygens (including phenoxy) is 2. The van der Waals surface area contributed by atoms with Gasteiger partial charge in [-0.3, -0.25) is 9.48 Å². The third kappa shape index (κ3) is 3.58. The SMILES string of the molecule is COc1cccc(CCNC(=O)C(C)n2cccn2)c1OC. The van der Waals surface area contributed by atoms with Crippen LogP contribution < -0.4 is 14.8 Å². The molecule has 118 valence electrons. The van der Waals surface area contributed by atoms with Crippen LogP contribution in [0.5, 0.6) is 11.5 Å². The van der Waals surface area contributed by atoms with Crippen LogP contribution in [0.25, 0.3) is 0 Å². The van der Waals surface area contributed by atoms with Gasteiger partial charge in [0.05, 0.1) is 14.2 Å². The summed E-state index contributed by atoms with van der Waals surface area (Å²) in [5.74, 6) is 1.33. The van der Waals surface area contributed by atoms with Crippen molar-refractivity contribution in [2.24, 2.45) is 0 Å². The minimum absolute atomic E-state index is 0.0643. The Hall–Kier alpha value is -2.50. The molecule has 0 spiro atoms. The van der Waals surface area contributed by atoms with Crippen molar-refractivity contribution in [3.8, 4) is 11.5 Å². The number of benzene rings is 1. The molecule has 1 atom stereocenters. The molecule has 0 saturated carbocycles. The summed E-state index contributed by atoms with van der Waals surface area (Å²) in [6.07, 6.45) is 4.10. The number of hydrogen-bond acceptors (Lipinski definition) is 4. The highest BCUT2D eigenvalue weighted by molar-refractivity contribution is 5.79. The average molecular weight is 303 g/mol.